The summed E-state index contributed by atoms with van der Waals surface area (Å²) in [7, 11) is 1.80. The predicted octanol–water partition coefficient (Wildman–Crippen LogP) is 1.68. The first-order valence-corrected chi connectivity index (χ1v) is 8.65. The maximum absolute atomic E-state index is 12.4. The van der Waals surface area contributed by atoms with Gasteiger partial charge >= 0.3 is 6.03 Å². The monoisotopic (exact) mass is 348 g/mol. The molecule has 1 fully saturated rings. The lowest BCUT2D eigenvalue weighted by atomic mass is 10.1. The fourth-order valence-corrected chi connectivity index (χ4v) is 2.69. The van der Waals surface area contributed by atoms with Crippen LogP contribution in [0, 0.1) is 0 Å². The molecule has 3 amide bonds. The summed E-state index contributed by atoms with van der Waals surface area (Å²) in [5.74, 6) is -0.114. The summed E-state index contributed by atoms with van der Waals surface area (Å²) in [4.78, 5) is 27.5. The van der Waals surface area contributed by atoms with Gasteiger partial charge in [-0.3, -0.25) is 9.69 Å². The minimum absolute atomic E-state index is 0.106. The Morgan fingerprint density at radius 2 is 2.04 bits per heavy atom. The van der Waals surface area contributed by atoms with Crippen molar-refractivity contribution >= 4 is 17.6 Å². The van der Waals surface area contributed by atoms with Gasteiger partial charge in [-0.05, 0) is 24.6 Å². The lowest BCUT2D eigenvalue weighted by Crippen LogP contribution is -2.45. The number of benzene rings is 1. The highest BCUT2D eigenvalue weighted by Gasteiger charge is 2.16. The van der Waals surface area contributed by atoms with Crippen LogP contribution in [-0.2, 0) is 9.53 Å². The molecule has 1 aromatic carbocycles. The third-order valence-corrected chi connectivity index (χ3v) is 4.25. The summed E-state index contributed by atoms with van der Waals surface area (Å²) >= 11 is 0. The van der Waals surface area contributed by atoms with E-state index in [1.54, 1.807) is 11.9 Å². The van der Waals surface area contributed by atoms with Crippen molar-refractivity contribution in [3.05, 3.63) is 29.8 Å². The van der Waals surface area contributed by atoms with Crippen LogP contribution in [0.1, 0.15) is 25.5 Å². The molecule has 2 rings (SSSR count). The van der Waals surface area contributed by atoms with E-state index in [0.717, 1.165) is 44.1 Å². The highest BCUT2D eigenvalue weighted by Crippen LogP contribution is 2.17. The van der Waals surface area contributed by atoms with Crippen molar-refractivity contribution in [3.63, 3.8) is 0 Å². The fourth-order valence-electron chi connectivity index (χ4n) is 2.69. The van der Waals surface area contributed by atoms with Gasteiger partial charge in [0, 0.05) is 45.8 Å². The third-order valence-electron chi connectivity index (χ3n) is 4.25. The van der Waals surface area contributed by atoms with E-state index in [1.165, 1.54) is 6.92 Å². The van der Waals surface area contributed by atoms with E-state index in [2.05, 4.69) is 15.5 Å². The molecule has 0 aliphatic carbocycles. The van der Waals surface area contributed by atoms with Gasteiger partial charge in [0.05, 0.1) is 19.3 Å². The van der Waals surface area contributed by atoms with Gasteiger partial charge in [0.1, 0.15) is 0 Å². The van der Waals surface area contributed by atoms with Crippen LogP contribution in [0.5, 0.6) is 0 Å². The number of morpholine rings is 1. The average Bonchev–Trinajstić information content (AvgIpc) is 2.60. The summed E-state index contributed by atoms with van der Waals surface area (Å²) in [6.07, 6.45) is 0. The van der Waals surface area contributed by atoms with Gasteiger partial charge < -0.3 is 20.3 Å². The molecular formula is C18H28N4O3. The van der Waals surface area contributed by atoms with Crippen molar-refractivity contribution in [3.8, 4) is 0 Å². The smallest absolute Gasteiger partial charge is 0.317 e. The average molecular weight is 348 g/mol. The first-order valence-electron chi connectivity index (χ1n) is 8.65. The topological polar surface area (TPSA) is 73.9 Å². The first kappa shape index (κ1) is 19.2. The Balaban J connectivity index is 1.82. The second-order valence-corrected chi connectivity index (χ2v) is 6.35. The van der Waals surface area contributed by atoms with Gasteiger partial charge in [-0.25, -0.2) is 4.79 Å². The summed E-state index contributed by atoms with van der Waals surface area (Å²) in [5.41, 5.74) is 1.67. The Labute approximate surface area is 149 Å². The van der Waals surface area contributed by atoms with Crippen LogP contribution in [0.25, 0.3) is 0 Å². The molecular weight excluding hydrogens is 320 g/mol. The van der Waals surface area contributed by atoms with E-state index in [1.807, 2.05) is 31.2 Å². The molecule has 1 aromatic rings. The highest BCUT2D eigenvalue weighted by atomic mass is 16.5. The molecule has 1 heterocycles. The van der Waals surface area contributed by atoms with E-state index >= 15 is 0 Å². The molecule has 1 atom stereocenters. The molecule has 7 nitrogen and oxygen atoms in total. The molecule has 1 aliphatic heterocycles. The maximum Gasteiger partial charge on any atom is 0.317 e. The number of nitrogens with zero attached hydrogens (tertiary/aromatic N) is 2. The number of likely N-dealkylation sites (N-methyl/N-ethyl adjacent to an activating group) is 1. The number of hydrogen-bond donors (Lipinski definition) is 2. The largest absolute Gasteiger partial charge is 0.379 e. The molecule has 0 spiro atoms. The Morgan fingerprint density at radius 1 is 1.32 bits per heavy atom. The number of ether oxygens (including phenoxy) is 1. The van der Waals surface area contributed by atoms with Gasteiger partial charge in [0.25, 0.3) is 0 Å². The standard InChI is InChI=1S/C18H28N4O3/c1-14(16-5-4-6-17(13-16)20-15(2)23)19-18(24)21(3)7-8-22-9-11-25-12-10-22/h4-6,13-14H,7-12H2,1-3H3,(H,19,24)(H,20,23)/t14-/m1/s1. The third kappa shape index (κ3) is 6.36. The van der Waals surface area contributed by atoms with E-state index < -0.39 is 0 Å². The zero-order valence-corrected chi connectivity index (χ0v) is 15.2. The number of urea groups is 1. The lowest BCUT2D eigenvalue weighted by molar-refractivity contribution is -0.114. The molecule has 25 heavy (non-hydrogen) atoms. The number of nitrogens with one attached hydrogen (secondary N) is 2. The van der Waals surface area contributed by atoms with E-state index in [4.69, 9.17) is 4.74 Å². The van der Waals surface area contributed by atoms with E-state index in [9.17, 15) is 9.59 Å². The van der Waals surface area contributed by atoms with Gasteiger partial charge in [0.15, 0.2) is 0 Å². The molecule has 0 aromatic heterocycles. The number of hydrogen-bond acceptors (Lipinski definition) is 4. The molecule has 2 N–H and O–H groups in total. The second kappa shape index (κ2) is 9.39. The Kier molecular flexibility index (Phi) is 7.21. The van der Waals surface area contributed by atoms with Crippen molar-refractivity contribution in [2.45, 2.75) is 19.9 Å². The zero-order chi connectivity index (χ0) is 18.2. The SMILES string of the molecule is CC(=O)Nc1cccc([C@@H](C)NC(=O)N(C)CCN2CCOCC2)c1. The number of rotatable bonds is 6. The molecule has 0 saturated carbocycles. The van der Waals surface area contributed by atoms with Gasteiger partial charge in [-0.1, -0.05) is 12.1 Å². The van der Waals surface area contributed by atoms with Crippen LogP contribution in [-0.4, -0.2) is 68.2 Å². The summed E-state index contributed by atoms with van der Waals surface area (Å²) < 4.78 is 5.33. The van der Waals surface area contributed by atoms with Crippen molar-refractivity contribution in [1.82, 2.24) is 15.1 Å². The Morgan fingerprint density at radius 3 is 2.72 bits per heavy atom. The molecule has 0 unspecified atom stereocenters. The number of carbonyl (C=O) groups is 2. The van der Waals surface area contributed by atoms with Crippen LogP contribution in [0.4, 0.5) is 10.5 Å². The van der Waals surface area contributed by atoms with Crippen LogP contribution in [0.15, 0.2) is 24.3 Å². The Bertz CT molecular complexity index is 587. The van der Waals surface area contributed by atoms with Gasteiger partial charge in [0.2, 0.25) is 5.91 Å². The minimum atomic E-state index is -0.146. The zero-order valence-electron chi connectivity index (χ0n) is 15.2. The van der Waals surface area contributed by atoms with Crippen molar-refractivity contribution in [2.75, 3.05) is 51.8 Å². The summed E-state index contributed by atoms with van der Waals surface area (Å²) in [5, 5.41) is 5.75. The van der Waals surface area contributed by atoms with Crippen LogP contribution in [0.2, 0.25) is 0 Å². The lowest BCUT2D eigenvalue weighted by Gasteiger charge is -2.29. The maximum atomic E-state index is 12.4. The molecule has 138 valence electrons. The van der Waals surface area contributed by atoms with Crippen molar-refractivity contribution in [2.24, 2.45) is 0 Å². The second-order valence-electron chi connectivity index (χ2n) is 6.35. The van der Waals surface area contributed by atoms with Crippen LogP contribution in [0.3, 0.4) is 0 Å². The number of carbonyl (C=O) groups excluding carboxylic acids is 2. The van der Waals surface area contributed by atoms with Crippen LogP contribution < -0.4 is 10.6 Å². The van der Waals surface area contributed by atoms with Gasteiger partial charge in [-0.2, -0.15) is 0 Å². The highest BCUT2D eigenvalue weighted by molar-refractivity contribution is 5.88. The number of anilines is 1. The minimum Gasteiger partial charge on any atom is -0.379 e. The molecule has 0 radical (unpaired) electrons. The quantitative estimate of drug-likeness (QED) is 0.820. The van der Waals surface area contributed by atoms with Crippen LogP contribution >= 0.6 is 0 Å². The first-order chi connectivity index (χ1) is 12.0. The number of amides is 3. The van der Waals surface area contributed by atoms with Crippen molar-refractivity contribution < 1.29 is 14.3 Å². The molecule has 0 bridgehead atoms. The predicted molar refractivity (Wildman–Crippen MR) is 97.6 cm³/mol. The fraction of sp³-hybridized carbons (Fsp3) is 0.556. The Hall–Kier alpha value is -2.12. The van der Waals surface area contributed by atoms with E-state index in [-0.39, 0.29) is 18.0 Å². The summed E-state index contributed by atoms with van der Waals surface area (Å²) in [6, 6.07) is 7.25. The molecule has 1 saturated heterocycles. The van der Waals surface area contributed by atoms with E-state index in [0.29, 0.717) is 6.54 Å². The molecule has 1 aliphatic rings. The molecule has 7 heteroatoms. The normalized spacial score (nSPS) is 16.1. The van der Waals surface area contributed by atoms with Crippen molar-refractivity contribution in [1.29, 1.82) is 0 Å². The summed E-state index contributed by atoms with van der Waals surface area (Å²) in [6.45, 7) is 8.28. The van der Waals surface area contributed by atoms with Gasteiger partial charge in [-0.15, -0.1) is 0 Å².